The van der Waals surface area contributed by atoms with Gasteiger partial charge in [-0.2, -0.15) is 0 Å². The average Bonchev–Trinajstić information content (AvgIpc) is 3.23. The van der Waals surface area contributed by atoms with Crippen molar-refractivity contribution in [2.75, 3.05) is 19.7 Å². The van der Waals surface area contributed by atoms with E-state index in [9.17, 15) is 24.3 Å². The molecular weight excluding hydrogens is 491 g/mol. The van der Waals surface area contributed by atoms with Gasteiger partial charge >= 0.3 is 6.09 Å². The molecule has 9 nitrogen and oxygen atoms in total. The van der Waals surface area contributed by atoms with Gasteiger partial charge < -0.3 is 24.7 Å². The third-order valence-corrected chi connectivity index (χ3v) is 11.3. The lowest BCUT2D eigenvalue weighted by Gasteiger charge is -2.38. The lowest BCUT2D eigenvalue weighted by Crippen LogP contribution is -2.43. The lowest BCUT2D eigenvalue weighted by molar-refractivity contribution is -0.0114. The molecule has 2 aliphatic heterocycles. The quantitative estimate of drug-likeness (QED) is 0.216. The molecule has 0 spiro atoms. The standard InChI is InChI=1S/C26H39BN2O7Si/c1-26(2,37(3,4)34)15-19-21(30)20(36-22(19)27)16-35-25(33)28-13-9-5-6-10-14-29-23(31)17-11-7-8-12-18(17)24(29)32/h7-8,11-12,19-22,30,34H,5-6,9-10,13-16H2,1-4H3,(H,28,33)/t19-,20+,21?,22+/m0/s1. The van der Waals surface area contributed by atoms with Crippen LogP contribution in [0.4, 0.5) is 4.79 Å². The van der Waals surface area contributed by atoms with E-state index in [0.29, 0.717) is 37.1 Å². The molecule has 1 saturated heterocycles. The van der Waals surface area contributed by atoms with Crippen LogP contribution in [0, 0.1) is 5.92 Å². The van der Waals surface area contributed by atoms with Crippen molar-refractivity contribution in [3.63, 3.8) is 0 Å². The molecule has 11 heteroatoms. The second-order valence-electron chi connectivity index (χ2n) is 11.2. The number of ether oxygens (including phenoxy) is 2. The third-order valence-electron chi connectivity index (χ3n) is 7.81. The molecule has 37 heavy (non-hydrogen) atoms. The van der Waals surface area contributed by atoms with E-state index in [4.69, 9.17) is 17.3 Å². The van der Waals surface area contributed by atoms with Crippen molar-refractivity contribution >= 4 is 34.1 Å². The number of nitrogens with one attached hydrogen (secondary N) is 1. The fraction of sp³-hybridized carbons (Fsp3) is 0.654. The van der Waals surface area contributed by atoms with Crippen LogP contribution in [-0.2, 0) is 9.47 Å². The zero-order chi connectivity index (χ0) is 27.4. The Morgan fingerprint density at radius 2 is 1.73 bits per heavy atom. The molecule has 1 unspecified atom stereocenters. The number of unbranched alkanes of at least 4 members (excludes halogenated alkanes) is 3. The number of aliphatic hydroxyl groups excluding tert-OH is 1. The van der Waals surface area contributed by atoms with E-state index in [0.717, 1.165) is 19.3 Å². The van der Waals surface area contributed by atoms with Crippen LogP contribution in [0.25, 0.3) is 0 Å². The van der Waals surface area contributed by atoms with E-state index in [1.165, 1.54) is 4.90 Å². The number of benzene rings is 1. The highest BCUT2D eigenvalue weighted by molar-refractivity contribution is 6.72. The summed E-state index contributed by atoms with van der Waals surface area (Å²) in [5.41, 5.74) is 0.922. The summed E-state index contributed by atoms with van der Waals surface area (Å²) in [5.74, 6) is -0.834. The van der Waals surface area contributed by atoms with E-state index in [1.54, 1.807) is 24.3 Å². The number of hydrogen-bond donors (Lipinski definition) is 3. The van der Waals surface area contributed by atoms with Crippen LogP contribution in [0.1, 0.15) is 66.7 Å². The molecule has 3 amide bonds. The molecule has 0 saturated carbocycles. The summed E-state index contributed by atoms with van der Waals surface area (Å²) >= 11 is 0. The molecule has 2 heterocycles. The SMILES string of the molecule is [B][C@@H]1O[C@H](COC(=O)NCCCCCCN2C(=O)c3ccccc3C2=O)C(O)[C@@H]1CC(C)(C)[Si](C)(C)O. The first-order chi connectivity index (χ1) is 17.3. The lowest BCUT2D eigenvalue weighted by atomic mass is 9.79. The minimum Gasteiger partial charge on any atom is -0.447 e. The maximum Gasteiger partial charge on any atom is 0.407 e. The minimum absolute atomic E-state index is 0.113. The molecule has 2 aliphatic rings. The van der Waals surface area contributed by atoms with Gasteiger partial charge in [-0.15, -0.1) is 0 Å². The predicted octanol–water partition coefficient (Wildman–Crippen LogP) is 2.81. The fourth-order valence-electron chi connectivity index (χ4n) is 4.66. The van der Waals surface area contributed by atoms with Crippen molar-refractivity contribution < 1.29 is 33.8 Å². The number of aliphatic hydroxyl groups is 1. The van der Waals surface area contributed by atoms with Crippen molar-refractivity contribution in [3.05, 3.63) is 35.4 Å². The van der Waals surface area contributed by atoms with Crippen LogP contribution in [0.3, 0.4) is 0 Å². The van der Waals surface area contributed by atoms with E-state index in [-0.39, 0.29) is 29.4 Å². The largest absolute Gasteiger partial charge is 0.447 e. The third kappa shape index (κ3) is 7.01. The van der Waals surface area contributed by atoms with Crippen molar-refractivity contribution in [1.29, 1.82) is 0 Å². The molecule has 3 N–H and O–H groups in total. The van der Waals surface area contributed by atoms with Crippen molar-refractivity contribution in [2.24, 2.45) is 5.92 Å². The number of hydrogen-bond acceptors (Lipinski definition) is 7. The highest BCUT2D eigenvalue weighted by atomic mass is 28.4. The van der Waals surface area contributed by atoms with Crippen LogP contribution in [-0.4, -0.2) is 86.8 Å². The van der Waals surface area contributed by atoms with Gasteiger partial charge in [-0.05, 0) is 49.5 Å². The summed E-state index contributed by atoms with van der Waals surface area (Å²) < 4.78 is 10.9. The Kier molecular flexibility index (Phi) is 9.60. The van der Waals surface area contributed by atoms with Gasteiger partial charge in [0, 0.05) is 25.0 Å². The molecule has 0 aromatic heterocycles. The molecule has 1 aromatic carbocycles. The van der Waals surface area contributed by atoms with Crippen molar-refractivity contribution in [1.82, 2.24) is 10.2 Å². The number of amides is 3. The fourth-order valence-corrected chi connectivity index (χ4v) is 5.39. The van der Waals surface area contributed by atoms with E-state index >= 15 is 0 Å². The Morgan fingerprint density at radius 3 is 2.32 bits per heavy atom. The number of alkyl carbamates (subject to hydrolysis) is 1. The topological polar surface area (TPSA) is 125 Å². The summed E-state index contributed by atoms with van der Waals surface area (Å²) in [5, 5.41) is 13.0. The Morgan fingerprint density at radius 1 is 1.14 bits per heavy atom. The van der Waals surface area contributed by atoms with Gasteiger partial charge in [-0.3, -0.25) is 14.5 Å². The Hall–Kier alpha value is -2.21. The Balaban J connectivity index is 1.28. The summed E-state index contributed by atoms with van der Waals surface area (Å²) in [4.78, 5) is 48.6. The molecule has 1 aromatic rings. The number of carbonyl (C=O) groups is 3. The monoisotopic (exact) mass is 530 g/mol. The highest BCUT2D eigenvalue weighted by Crippen LogP contribution is 2.45. The maximum atomic E-state index is 12.4. The number of imide groups is 1. The predicted molar refractivity (Wildman–Crippen MR) is 142 cm³/mol. The van der Waals surface area contributed by atoms with Crippen molar-refractivity contribution in [3.8, 4) is 0 Å². The molecule has 2 radical (unpaired) electrons. The number of rotatable bonds is 12. The Labute approximate surface area is 221 Å². The first-order valence-electron chi connectivity index (χ1n) is 13.0. The molecule has 1 fully saturated rings. The molecule has 4 atom stereocenters. The van der Waals surface area contributed by atoms with Gasteiger partial charge in [0.15, 0.2) is 8.32 Å². The summed E-state index contributed by atoms with van der Waals surface area (Å²) in [7, 11) is 3.61. The zero-order valence-electron chi connectivity index (χ0n) is 22.2. The summed E-state index contributed by atoms with van der Waals surface area (Å²) in [6, 6.07) is 6.16. The minimum atomic E-state index is -2.47. The van der Waals surface area contributed by atoms with Crippen LogP contribution < -0.4 is 5.32 Å². The van der Waals surface area contributed by atoms with E-state index < -0.39 is 32.6 Å². The number of nitrogens with zero attached hydrogens (tertiary/aromatic N) is 1. The maximum absolute atomic E-state index is 12.4. The summed E-state index contributed by atoms with van der Waals surface area (Å²) in [6.07, 6.45) is 1.38. The first-order valence-corrected chi connectivity index (χ1v) is 16.0. The van der Waals surface area contributed by atoms with Crippen LogP contribution >= 0.6 is 0 Å². The molecular formula is C26H39BN2O7Si. The Bertz CT molecular complexity index is 949. The van der Waals surface area contributed by atoms with Crippen molar-refractivity contribution in [2.45, 2.75) is 82.3 Å². The van der Waals surface area contributed by atoms with Crippen LogP contribution in [0.15, 0.2) is 24.3 Å². The van der Waals surface area contributed by atoms with Gasteiger partial charge in [0.25, 0.3) is 11.8 Å². The second-order valence-corrected chi connectivity index (χ2v) is 15.7. The van der Waals surface area contributed by atoms with Gasteiger partial charge in [-0.25, -0.2) is 4.79 Å². The zero-order valence-corrected chi connectivity index (χ0v) is 23.2. The number of carbonyl (C=O) groups excluding carboxylic acids is 3. The second kappa shape index (κ2) is 12.1. The smallest absolute Gasteiger partial charge is 0.407 e. The van der Waals surface area contributed by atoms with Crippen LogP contribution in [0.5, 0.6) is 0 Å². The van der Waals surface area contributed by atoms with Gasteiger partial charge in [-0.1, -0.05) is 38.8 Å². The van der Waals surface area contributed by atoms with Gasteiger partial charge in [0.05, 0.1) is 17.2 Å². The molecule has 202 valence electrons. The normalized spacial score (nSPS) is 23.9. The van der Waals surface area contributed by atoms with E-state index in [1.807, 2.05) is 26.9 Å². The van der Waals surface area contributed by atoms with Gasteiger partial charge in [0.1, 0.15) is 20.6 Å². The van der Waals surface area contributed by atoms with Gasteiger partial charge in [0.2, 0.25) is 0 Å². The average molecular weight is 531 g/mol. The van der Waals surface area contributed by atoms with E-state index in [2.05, 4.69) is 5.32 Å². The van der Waals surface area contributed by atoms with Crippen LogP contribution in [0.2, 0.25) is 18.1 Å². The summed E-state index contributed by atoms with van der Waals surface area (Å²) in [6.45, 7) is 8.36. The number of fused-ring (bicyclic) bond motifs is 1. The molecule has 0 bridgehead atoms. The molecule has 3 rings (SSSR count). The first kappa shape index (κ1) is 29.3. The molecule has 0 aliphatic carbocycles. The highest BCUT2D eigenvalue weighted by Gasteiger charge is 2.47.